The highest BCUT2D eigenvalue weighted by molar-refractivity contribution is 6.17. The van der Waals surface area contributed by atoms with Crippen molar-refractivity contribution in [1.82, 2.24) is 19.4 Å². The van der Waals surface area contributed by atoms with Gasteiger partial charge in [-0.15, -0.1) is 0 Å². The van der Waals surface area contributed by atoms with Crippen molar-refractivity contribution in [1.29, 1.82) is 0 Å². The maximum atomic E-state index is 5.57. The molecule has 5 heterocycles. The van der Waals surface area contributed by atoms with E-state index >= 15 is 0 Å². The van der Waals surface area contributed by atoms with Gasteiger partial charge < -0.3 is 24.3 Å². The van der Waals surface area contributed by atoms with Crippen LogP contribution < -0.4 is 10.2 Å². The first-order chi connectivity index (χ1) is 19.8. The second-order valence-corrected chi connectivity index (χ2v) is 11.4. The van der Waals surface area contributed by atoms with E-state index in [-0.39, 0.29) is 0 Å². The Morgan fingerprint density at radius 2 is 1.50 bits per heavy atom. The number of hydrogen-bond donors (Lipinski definition) is 1. The summed E-state index contributed by atoms with van der Waals surface area (Å²) in [4.78, 5) is 13.0. The minimum absolute atomic E-state index is 0.863. The van der Waals surface area contributed by atoms with Crippen LogP contribution in [0.5, 0.6) is 0 Å². The van der Waals surface area contributed by atoms with E-state index in [0.717, 1.165) is 122 Å². The zero-order chi connectivity index (χ0) is 26.7. The monoisotopic (exact) mass is 542 g/mol. The van der Waals surface area contributed by atoms with Gasteiger partial charge >= 0.3 is 0 Å². The van der Waals surface area contributed by atoms with E-state index in [2.05, 4.69) is 67.0 Å². The molecule has 0 amide bonds. The maximum Gasteiger partial charge on any atom is 0.0988 e. The molecule has 2 aromatic heterocycles. The number of anilines is 2. The summed E-state index contributed by atoms with van der Waals surface area (Å²) in [5.74, 6) is 0. The van der Waals surface area contributed by atoms with Crippen molar-refractivity contribution < 1.29 is 9.47 Å². The molecule has 4 aromatic rings. The first kappa shape index (κ1) is 26.0. The van der Waals surface area contributed by atoms with Gasteiger partial charge in [0, 0.05) is 75.4 Å². The average Bonchev–Trinajstić information content (AvgIpc) is 3.18. The molecule has 3 aliphatic rings. The van der Waals surface area contributed by atoms with Crippen molar-refractivity contribution in [3.8, 4) is 0 Å². The minimum Gasteiger partial charge on any atom is -0.385 e. The Kier molecular flexibility index (Phi) is 7.75. The number of aromatic nitrogens is 2. The van der Waals surface area contributed by atoms with Crippen molar-refractivity contribution in [2.24, 2.45) is 0 Å². The smallest absolute Gasteiger partial charge is 0.0988 e. The molecule has 212 valence electrons. The number of benzene rings is 2. The Hall–Kier alpha value is -2.91. The second kappa shape index (κ2) is 11.9. The zero-order valence-electron chi connectivity index (χ0n) is 23.6. The van der Waals surface area contributed by atoms with Crippen LogP contribution in [0.3, 0.4) is 0 Å². The van der Waals surface area contributed by atoms with Crippen molar-refractivity contribution >= 4 is 44.2 Å². The molecule has 3 aliphatic heterocycles. The molecule has 7 rings (SSSR count). The molecule has 8 nitrogen and oxygen atoms in total. The quantitative estimate of drug-likeness (QED) is 0.315. The first-order valence-electron chi connectivity index (χ1n) is 15.3. The fourth-order valence-electron chi connectivity index (χ4n) is 6.80. The van der Waals surface area contributed by atoms with Crippen LogP contribution in [-0.4, -0.2) is 105 Å². The van der Waals surface area contributed by atoms with E-state index in [1.54, 1.807) is 0 Å². The summed E-state index contributed by atoms with van der Waals surface area (Å²) in [5.41, 5.74) is 7.40. The number of pyridine rings is 1. The van der Waals surface area contributed by atoms with Gasteiger partial charge in [0.15, 0.2) is 0 Å². The second-order valence-electron chi connectivity index (χ2n) is 11.4. The van der Waals surface area contributed by atoms with E-state index < -0.39 is 0 Å². The Morgan fingerprint density at radius 3 is 2.30 bits per heavy atom. The Labute approximate surface area is 236 Å². The SMILES string of the molecule is c1ccc2c(c1)c1nc3ccc(NCCCN4CCOCC4)cc3c3c1n2CCCN3CCCN1CCOCC1. The number of nitrogens with one attached hydrogen (secondary N) is 1. The third-order valence-electron chi connectivity index (χ3n) is 8.87. The summed E-state index contributed by atoms with van der Waals surface area (Å²) in [6.07, 6.45) is 3.43. The lowest BCUT2D eigenvalue weighted by Gasteiger charge is -2.29. The van der Waals surface area contributed by atoms with Gasteiger partial charge in [0.1, 0.15) is 0 Å². The summed E-state index contributed by atoms with van der Waals surface area (Å²) < 4.78 is 13.6. The predicted octanol–water partition coefficient (Wildman–Crippen LogP) is 4.41. The third-order valence-corrected chi connectivity index (χ3v) is 8.87. The molecule has 1 N–H and O–H groups in total. The molecular weight excluding hydrogens is 500 g/mol. The summed E-state index contributed by atoms with van der Waals surface area (Å²) in [5, 5.41) is 6.25. The molecule has 2 aromatic carbocycles. The van der Waals surface area contributed by atoms with Gasteiger partial charge in [0.25, 0.3) is 0 Å². The molecule has 0 saturated carbocycles. The van der Waals surface area contributed by atoms with Crippen molar-refractivity contribution in [2.45, 2.75) is 25.8 Å². The molecule has 2 fully saturated rings. The summed E-state index contributed by atoms with van der Waals surface area (Å²) in [6, 6.07) is 15.6. The maximum absolute atomic E-state index is 5.57. The summed E-state index contributed by atoms with van der Waals surface area (Å²) in [6.45, 7) is 14.0. The molecule has 0 bridgehead atoms. The normalized spacial score (nSPS) is 19.1. The van der Waals surface area contributed by atoms with Crippen molar-refractivity contribution in [2.75, 3.05) is 95.5 Å². The summed E-state index contributed by atoms with van der Waals surface area (Å²) >= 11 is 0. The minimum atomic E-state index is 0.863. The fourth-order valence-corrected chi connectivity index (χ4v) is 6.80. The lowest BCUT2D eigenvalue weighted by molar-refractivity contribution is 0.0376. The lowest BCUT2D eigenvalue weighted by atomic mass is 10.1. The van der Waals surface area contributed by atoms with Gasteiger partial charge in [-0.2, -0.15) is 0 Å². The molecule has 2 saturated heterocycles. The van der Waals surface area contributed by atoms with Gasteiger partial charge in [0.2, 0.25) is 0 Å². The fraction of sp³-hybridized carbons (Fsp3) is 0.531. The van der Waals surface area contributed by atoms with E-state index in [1.165, 1.54) is 33.2 Å². The van der Waals surface area contributed by atoms with E-state index in [4.69, 9.17) is 14.5 Å². The van der Waals surface area contributed by atoms with Gasteiger partial charge in [0.05, 0.1) is 54.2 Å². The Bertz CT molecular complexity index is 1460. The molecule has 0 radical (unpaired) electrons. The molecule has 0 atom stereocenters. The van der Waals surface area contributed by atoms with Crippen LogP contribution >= 0.6 is 0 Å². The highest BCUT2D eigenvalue weighted by Gasteiger charge is 2.25. The number of ether oxygens (including phenoxy) is 2. The number of fused-ring (bicyclic) bond motifs is 5. The van der Waals surface area contributed by atoms with Crippen LogP contribution in [0.15, 0.2) is 42.5 Å². The topological polar surface area (TPSA) is 58.0 Å². The van der Waals surface area contributed by atoms with Crippen LogP contribution in [-0.2, 0) is 16.0 Å². The molecule has 0 unspecified atom stereocenters. The third kappa shape index (κ3) is 5.26. The first-order valence-corrected chi connectivity index (χ1v) is 15.3. The number of morpholine rings is 2. The molecule has 8 heteroatoms. The van der Waals surface area contributed by atoms with Crippen molar-refractivity contribution in [3.63, 3.8) is 0 Å². The van der Waals surface area contributed by atoms with Crippen LogP contribution in [0.1, 0.15) is 19.3 Å². The van der Waals surface area contributed by atoms with E-state index in [9.17, 15) is 0 Å². The van der Waals surface area contributed by atoms with Crippen LogP contribution in [0, 0.1) is 0 Å². The summed E-state index contributed by atoms with van der Waals surface area (Å²) in [7, 11) is 0. The largest absolute Gasteiger partial charge is 0.385 e. The Morgan fingerprint density at radius 1 is 0.750 bits per heavy atom. The van der Waals surface area contributed by atoms with Gasteiger partial charge in [-0.3, -0.25) is 9.80 Å². The van der Waals surface area contributed by atoms with Crippen molar-refractivity contribution in [3.05, 3.63) is 42.5 Å². The highest BCUT2D eigenvalue weighted by Crippen LogP contribution is 2.41. The Balaban J connectivity index is 1.20. The molecule has 40 heavy (non-hydrogen) atoms. The molecule has 0 spiro atoms. The molecule has 0 aliphatic carbocycles. The average molecular weight is 543 g/mol. The van der Waals surface area contributed by atoms with Gasteiger partial charge in [-0.25, -0.2) is 4.98 Å². The van der Waals surface area contributed by atoms with Gasteiger partial charge in [-0.05, 0) is 50.1 Å². The lowest BCUT2D eigenvalue weighted by Crippen LogP contribution is -2.38. The van der Waals surface area contributed by atoms with Crippen LogP contribution in [0.25, 0.3) is 32.8 Å². The predicted molar refractivity (Wildman–Crippen MR) is 164 cm³/mol. The van der Waals surface area contributed by atoms with Crippen LogP contribution in [0.2, 0.25) is 0 Å². The number of nitrogens with zero attached hydrogens (tertiary/aromatic N) is 5. The standard InChI is InChI=1S/C32H42N6O2/c1-2-7-29-26(6-1)30-32-31(37(14-5-15-38(29)32)13-4-12-36-18-22-40-23-19-36)27-24-25(8-9-28(27)34-30)33-10-3-11-35-16-20-39-21-17-35/h1-2,6-9,24,33H,3-5,10-23H2. The van der Waals surface area contributed by atoms with Crippen LogP contribution in [0.4, 0.5) is 11.4 Å². The number of rotatable bonds is 9. The molecular formula is C32H42N6O2. The highest BCUT2D eigenvalue weighted by atomic mass is 16.5. The number of aryl methyl sites for hydroxylation is 1. The van der Waals surface area contributed by atoms with E-state index in [0.29, 0.717) is 0 Å². The zero-order valence-corrected chi connectivity index (χ0v) is 23.6. The van der Waals surface area contributed by atoms with E-state index in [1.807, 2.05) is 0 Å². The number of para-hydroxylation sites is 1. The van der Waals surface area contributed by atoms with Gasteiger partial charge in [-0.1, -0.05) is 18.2 Å². The number of hydrogen-bond acceptors (Lipinski definition) is 7.